The van der Waals surface area contributed by atoms with E-state index in [1.807, 2.05) is 25.1 Å². The second-order valence-electron chi connectivity index (χ2n) is 7.77. The maximum atomic E-state index is 13.5. The molecule has 2 aromatic rings. The van der Waals surface area contributed by atoms with Crippen LogP contribution >= 0.6 is 11.6 Å². The minimum Gasteiger partial charge on any atom is -0.496 e. The van der Waals surface area contributed by atoms with Crippen molar-refractivity contribution in [3.05, 3.63) is 64.3 Å². The number of halogens is 1. The molecule has 2 aromatic carbocycles. The molecule has 0 fully saturated rings. The zero-order valence-electron chi connectivity index (χ0n) is 17.7. The summed E-state index contributed by atoms with van der Waals surface area (Å²) < 4.78 is 16.7. The first-order valence-electron chi connectivity index (χ1n) is 10.1. The lowest BCUT2D eigenvalue weighted by Crippen LogP contribution is -2.55. The monoisotopic (exact) mass is 441 g/mol. The zero-order chi connectivity index (χ0) is 22.2. The average molecular weight is 442 g/mol. The van der Waals surface area contributed by atoms with Crippen molar-refractivity contribution in [2.24, 2.45) is 5.92 Å². The van der Waals surface area contributed by atoms with E-state index in [9.17, 15) is 9.59 Å². The largest absolute Gasteiger partial charge is 0.496 e. The zero-order valence-corrected chi connectivity index (χ0v) is 18.4. The molecule has 162 valence electrons. The van der Waals surface area contributed by atoms with Crippen LogP contribution in [0.25, 0.3) is 0 Å². The van der Waals surface area contributed by atoms with Gasteiger partial charge in [0.25, 0.3) is 0 Å². The minimum absolute atomic E-state index is 0.136. The van der Waals surface area contributed by atoms with Crippen LogP contribution in [0.1, 0.15) is 29.3 Å². The molecule has 0 amide bonds. The van der Waals surface area contributed by atoms with Gasteiger partial charge in [-0.15, -0.1) is 0 Å². The summed E-state index contributed by atoms with van der Waals surface area (Å²) in [4.78, 5) is 26.7. The fraction of sp³-hybridized carbons (Fsp3) is 0.333. The van der Waals surface area contributed by atoms with Crippen LogP contribution in [0.2, 0.25) is 5.02 Å². The third-order valence-electron chi connectivity index (χ3n) is 5.92. The highest BCUT2D eigenvalue weighted by molar-refractivity contribution is 6.36. The van der Waals surface area contributed by atoms with E-state index in [0.717, 1.165) is 12.1 Å². The summed E-state index contributed by atoms with van der Waals surface area (Å²) in [6.45, 7) is 2.53. The van der Waals surface area contributed by atoms with Crippen molar-refractivity contribution in [3.63, 3.8) is 0 Å². The number of fused-ring (bicyclic) bond motifs is 1. The topological polar surface area (TPSA) is 73.9 Å². The molecule has 1 spiro atoms. The Morgan fingerprint density at radius 3 is 2.52 bits per heavy atom. The molecule has 1 heterocycles. The molecular formula is C24H24ClNO5. The van der Waals surface area contributed by atoms with E-state index in [1.54, 1.807) is 0 Å². The molecular weight excluding hydrogens is 418 g/mol. The minimum atomic E-state index is -1.64. The smallest absolute Gasteiger partial charge is 0.236 e. The van der Waals surface area contributed by atoms with Crippen LogP contribution in [0.15, 0.2) is 48.2 Å². The first kappa shape index (κ1) is 21.2. The number of benzene rings is 2. The van der Waals surface area contributed by atoms with E-state index in [2.05, 4.69) is 17.4 Å². The maximum absolute atomic E-state index is 13.5. The van der Waals surface area contributed by atoms with Crippen molar-refractivity contribution < 1.29 is 23.8 Å². The van der Waals surface area contributed by atoms with Crippen LogP contribution in [0.5, 0.6) is 17.2 Å². The predicted octanol–water partition coefficient (Wildman–Crippen LogP) is 4.00. The first-order valence-corrected chi connectivity index (χ1v) is 10.5. The number of allylic oxidation sites excluding steroid dienone is 1. The van der Waals surface area contributed by atoms with Crippen molar-refractivity contribution in [2.75, 3.05) is 20.8 Å². The summed E-state index contributed by atoms with van der Waals surface area (Å²) in [5.41, 5.74) is 0.545. The molecule has 0 radical (unpaired) electrons. The fourth-order valence-corrected chi connectivity index (χ4v) is 4.53. The van der Waals surface area contributed by atoms with Gasteiger partial charge < -0.3 is 19.5 Å². The number of nitrogens with one attached hydrogen (secondary N) is 1. The number of carbonyl (C=O) groups excluding carboxylic acids is 2. The lowest BCUT2D eigenvalue weighted by Gasteiger charge is -2.35. The summed E-state index contributed by atoms with van der Waals surface area (Å²) in [7, 11) is 2.91. The van der Waals surface area contributed by atoms with Gasteiger partial charge in [0, 0.05) is 30.3 Å². The van der Waals surface area contributed by atoms with Crippen molar-refractivity contribution in [3.8, 4) is 17.2 Å². The van der Waals surface area contributed by atoms with Gasteiger partial charge in [-0.05, 0) is 18.4 Å². The van der Waals surface area contributed by atoms with E-state index >= 15 is 0 Å². The quantitative estimate of drug-likeness (QED) is 0.683. The molecule has 0 aromatic heterocycles. The lowest BCUT2D eigenvalue weighted by atomic mass is 9.74. The Kier molecular flexibility index (Phi) is 5.67. The second kappa shape index (κ2) is 8.27. The predicted molar refractivity (Wildman–Crippen MR) is 117 cm³/mol. The van der Waals surface area contributed by atoms with Crippen LogP contribution < -0.4 is 19.5 Å². The first-order chi connectivity index (χ1) is 14.9. The molecule has 2 atom stereocenters. The summed E-state index contributed by atoms with van der Waals surface area (Å²) in [6, 6.07) is 11.6. The Morgan fingerprint density at radius 1 is 1.16 bits per heavy atom. The molecule has 7 heteroatoms. The number of hydrogen-bond donors (Lipinski definition) is 1. The van der Waals surface area contributed by atoms with Gasteiger partial charge in [-0.25, -0.2) is 0 Å². The van der Waals surface area contributed by atoms with Crippen molar-refractivity contribution in [2.45, 2.75) is 25.4 Å². The van der Waals surface area contributed by atoms with Gasteiger partial charge >= 0.3 is 0 Å². The molecule has 2 unspecified atom stereocenters. The summed E-state index contributed by atoms with van der Waals surface area (Å²) in [5.74, 6) is -0.494. The third-order valence-corrected chi connectivity index (χ3v) is 6.28. The molecule has 1 N–H and O–H groups in total. The average Bonchev–Trinajstić information content (AvgIpc) is 3.08. The Bertz CT molecular complexity index is 1070. The Hall–Kier alpha value is -2.99. The van der Waals surface area contributed by atoms with Gasteiger partial charge in [0.15, 0.2) is 5.75 Å². The summed E-state index contributed by atoms with van der Waals surface area (Å²) in [6.07, 6.45) is 2.81. The molecule has 1 aliphatic heterocycles. The van der Waals surface area contributed by atoms with Gasteiger partial charge in [-0.2, -0.15) is 0 Å². The molecule has 2 aliphatic rings. The van der Waals surface area contributed by atoms with Crippen LogP contribution in [-0.2, 0) is 11.2 Å². The molecule has 0 saturated carbocycles. The van der Waals surface area contributed by atoms with Crippen molar-refractivity contribution in [1.82, 2.24) is 5.32 Å². The number of ether oxygens (including phenoxy) is 3. The Labute approximate surface area is 186 Å². The van der Waals surface area contributed by atoms with Crippen LogP contribution in [0.4, 0.5) is 0 Å². The second-order valence-corrected chi connectivity index (χ2v) is 8.15. The number of rotatable bonds is 6. The number of methoxy groups -OCH3 is 2. The fourth-order valence-electron chi connectivity index (χ4n) is 4.26. The van der Waals surface area contributed by atoms with Crippen molar-refractivity contribution >= 4 is 23.2 Å². The Balaban J connectivity index is 1.59. The van der Waals surface area contributed by atoms with Crippen LogP contribution in [0, 0.1) is 5.92 Å². The molecule has 31 heavy (non-hydrogen) atoms. The van der Waals surface area contributed by atoms with E-state index in [0.29, 0.717) is 18.7 Å². The number of hydrogen-bond acceptors (Lipinski definition) is 6. The highest BCUT2D eigenvalue weighted by atomic mass is 35.5. The standard InChI is InChI=1S/C24H24ClNO5/c1-14-11-16(26-10-9-15-7-5-4-6-8-15)12-19(27)24(14)23(28)20-17(29-2)13-18(30-3)21(25)22(20)31-24/h4-8,12-14,26H,9-11H2,1-3H3. The van der Waals surface area contributed by atoms with E-state index in [1.165, 1.54) is 31.9 Å². The van der Waals surface area contributed by atoms with Gasteiger partial charge in [0.05, 0.1) is 14.2 Å². The molecule has 1 aliphatic carbocycles. The van der Waals surface area contributed by atoms with Crippen LogP contribution in [-0.4, -0.2) is 37.9 Å². The maximum Gasteiger partial charge on any atom is 0.236 e. The molecule has 0 saturated heterocycles. The van der Waals surface area contributed by atoms with E-state index in [-0.39, 0.29) is 22.1 Å². The van der Waals surface area contributed by atoms with Crippen LogP contribution in [0.3, 0.4) is 0 Å². The number of Topliss-reactive ketones (excluding diaryl/α,β-unsaturated/α-hetero) is 1. The Morgan fingerprint density at radius 2 is 1.87 bits per heavy atom. The summed E-state index contributed by atoms with van der Waals surface area (Å²) >= 11 is 6.41. The van der Waals surface area contributed by atoms with Gasteiger partial charge in [-0.3, -0.25) is 9.59 Å². The highest BCUT2D eigenvalue weighted by Crippen LogP contribution is 2.52. The molecule has 0 bridgehead atoms. The summed E-state index contributed by atoms with van der Waals surface area (Å²) in [5, 5.41) is 3.48. The van der Waals surface area contributed by atoms with E-state index < -0.39 is 23.1 Å². The van der Waals surface area contributed by atoms with E-state index in [4.69, 9.17) is 25.8 Å². The van der Waals surface area contributed by atoms with Gasteiger partial charge in [0.2, 0.25) is 17.2 Å². The normalized spacial score (nSPS) is 22.1. The number of ketones is 2. The third kappa shape index (κ3) is 3.45. The van der Waals surface area contributed by atoms with Crippen molar-refractivity contribution in [1.29, 1.82) is 0 Å². The van der Waals surface area contributed by atoms with Gasteiger partial charge in [-0.1, -0.05) is 48.9 Å². The SMILES string of the molecule is COc1cc(OC)c2c(c1Cl)OC1(C(=O)C=C(NCCc3ccccc3)CC1C)C2=O. The highest BCUT2D eigenvalue weighted by Gasteiger charge is 2.60. The molecule has 6 nitrogen and oxygen atoms in total. The number of carbonyl (C=O) groups is 2. The van der Waals surface area contributed by atoms with Gasteiger partial charge in [0.1, 0.15) is 22.1 Å². The molecule has 4 rings (SSSR count). The lowest BCUT2D eigenvalue weighted by molar-refractivity contribution is -0.129.